The number of carbonyl (C=O) groups is 2. The molecule has 1 saturated heterocycles. The van der Waals surface area contributed by atoms with Gasteiger partial charge in [0.2, 0.25) is 0 Å². The van der Waals surface area contributed by atoms with E-state index in [0.717, 1.165) is 6.07 Å². The summed E-state index contributed by atoms with van der Waals surface area (Å²) in [4.78, 5) is 37.0. The molecule has 1 atom stereocenters. The highest BCUT2D eigenvalue weighted by atomic mass is 35.5. The van der Waals surface area contributed by atoms with Gasteiger partial charge in [0.05, 0.1) is 24.4 Å². The molecular weight excluding hydrogens is 536 g/mol. The Morgan fingerprint density at radius 2 is 1.85 bits per heavy atom. The number of fused-ring (bicyclic) bond motifs is 1. The molecule has 208 valence electrons. The first-order valence-corrected chi connectivity index (χ1v) is 12.5. The van der Waals surface area contributed by atoms with Gasteiger partial charge in [-0.05, 0) is 45.9 Å². The van der Waals surface area contributed by atoms with Gasteiger partial charge in [0.15, 0.2) is 17.3 Å². The number of rotatable bonds is 4. The maximum absolute atomic E-state index is 14.5. The zero-order chi connectivity index (χ0) is 28.5. The van der Waals surface area contributed by atoms with Gasteiger partial charge in [0, 0.05) is 31.1 Å². The number of halogens is 3. The third-order valence-electron chi connectivity index (χ3n) is 5.92. The molecule has 1 N–H and O–H groups in total. The second-order valence-electron chi connectivity index (χ2n) is 9.93. The number of benzene rings is 2. The molecule has 0 bridgehead atoms. The lowest BCUT2D eigenvalue weighted by Crippen LogP contribution is -2.56. The number of hydrogen-bond acceptors (Lipinski definition) is 8. The van der Waals surface area contributed by atoms with Crippen molar-refractivity contribution in [2.45, 2.75) is 39.3 Å². The highest BCUT2D eigenvalue weighted by Gasteiger charge is 2.33. The standard InChI is InChI=1S/C26H28ClF2N5O5/c1-14-12-33(24(35)39-26(2,3)4)8-9-34(14)25(36)38-20-10-15-18(11-19(20)37-5)30-13-31-23(15)32-17-7-6-16(28)21(27)22(17)29/h6-7,10-11,13-14H,8-9,12H2,1-5H3,(H,30,31,32)/t14-/m1/s1. The Labute approximate surface area is 228 Å². The molecule has 2 amide bonds. The van der Waals surface area contributed by atoms with Crippen LogP contribution >= 0.6 is 11.6 Å². The Balaban J connectivity index is 1.56. The van der Waals surface area contributed by atoms with Crippen LogP contribution in [0.5, 0.6) is 11.5 Å². The van der Waals surface area contributed by atoms with Crippen molar-refractivity contribution < 1.29 is 32.6 Å². The second-order valence-corrected chi connectivity index (χ2v) is 10.3. The van der Waals surface area contributed by atoms with Crippen molar-refractivity contribution in [1.82, 2.24) is 19.8 Å². The summed E-state index contributed by atoms with van der Waals surface area (Å²) < 4.78 is 44.6. The van der Waals surface area contributed by atoms with E-state index in [-0.39, 0.29) is 48.7 Å². The molecule has 0 aliphatic carbocycles. The molecular formula is C26H28ClF2N5O5. The summed E-state index contributed by atoms with van der Waals surface area (Å²) in [7, 11) is 1.41. The molecule has 1 aliphatic heterocycles. The summed E-state index contributed by atoms with van der Waals surface area (Å²) in [6.45, 7) is 7.94. The number of piperazine rings is 1. The first kappa shape index (κ1) is 28.1. The number of anilines is 2. The summed E-state index contributed by atoms with van der Waals surface area (Å²) in [5.74, 6) is -1.40. The van der Waals surface area contributed by atoms with E-state index in [2.05, 4.69) is 15.3 Å². The van der Waals surface area contributed by atoms with Gasteiger partial charge in [-0.3, -0.25) is 0 Å². The zero-order valence-corrected chi connectivity index (χ0v) is 22.8. The van der Waals surface area contributed by atoms with Crippen molar-refractivity contribution in [3.63, 3.8) is 0 Å². The number of amides is 2. The van der Waals surface area contributed by atoms with E-state index in [1.165, 1.54) is 30.5 Å². The van der Waals surface area contributed by atoms with Crippen molar-refractivity contribution in [3.8, 4) is 11.5 Å². The molecule has 39 heavy (non-hydrogen) atoms. The van der Waals surface area contributed by atoms with E-state index >= 15 is 0 Å². The summed E-state index contributed by atoms with van der Waals surface area (Å²) in [5, 5.41) is 2.51. The fraction of sp³-hybridized carbons (Fsp3) is 0.385. The fourth-order valence-electron chi connectivity index (χ4n) is 4.03. The van der Waals surface area contributed by atoms with Crippen LogP contribution < -0.4 is 14.8 Å². The summed E-state index contributed by atoms with van der Waals surface area (Å²) in [6.07, 6.45) is 0.161. The number of aromatic nitrogens is 2. The zero-order valence-electron chi connectivity index (χ0n) is 22.0. The van der Waals surface area contributed by atoms with Crippen molar-refractivity contribution >= 4 is 46.2 Å². The lowest BCUT2D eigenvalue weighted by Gasteiger charge is -2.39. The normalized spacial score (nSPS) is 15.7. The number of hydrogen-bond donors (Lipinski definition) is 1. The SMILES string of the molecule is COc1cc2ncnc(Nc3ccc(F)c(Cl)c3F)c2cc1OC(=O)N1CCN(C(=O)OC(C)(C)C)C[C@H]1C. The van der Waals surface area contributed by atoms with Crippen molar-refractivity contribution in [3.05, 3.63) is 47.2 Å². The Morgan fingerprint density at radius 1 is 1.10 bits per heavy atom. The smallest absolute Gasteiger partial charge is 0.415 e. The van der Waals surface area contributed by atoms with Gasteiger partial charge in [-0.1, -0.05) is 11.6 Å². The average Bonchev–Trinajstić information content (AvgIpc) is 2.87. The number of ether oxygens (including phenoxy) is 3. The van der Waals surface area contributed by atoms with Crippen LogP contribution in [-0.4, -0.2) is 70.3 Å². The van der Waals surface area contributed by atoms with Crippen molar-refractivity contribution in [2.75, 3.05) is 32.1 Å². The molecule has 2 aromatic carbocycles. The molecule has 13 heteroatoms. The summed E-state index contributed by atoms with van der Waals surface area (Å²) in [5.41, 5.74) is -0.320. The number of carbonyl (C=O) groups excluding carboxylic acids is 2. The van der Waals surface area contributed by atoms with Crippen LogP contribution in [0.25, 0.3) is 10.9 Å². The van der Waals surface area contributed by atoms with Gasteiger partial charge >= 0.3 is 12.2 Å². The van der Waals surface area contributed by atoms with Crippen LogP contribution in [0.1, 0.15) is 27.7 Å². The Bertz CT molecular complexity index is 1420. The highest BCUT2D eigenvalue weighted by Crippen LogP contribution is 2.36. The highest BCUT2D eigenvalue weighted by molar-refractivity contribution is 6.31. The molecule has 2 heterocycles. The topological polar surface area (TPSA) is 106 Å². The van der Waals surface area contributed by atoms with E-state index in [4.69, 9.17) is 25.8 Å². The van der Waals surface area contributed by atoms with E-state index in [1.807, 2.05) is 0 Å². The van der Waals surface area contributed by atoms with Gasteiger partial charge < -0.3 is 29.3 Å². The third kappa shape index (κ3) is 6.22. The molecule has 0 saturated carbocycles. The molecule has 0 unspecified atom stereocenters. The second kappa shape index (κ2) is 11.0. The minimum atomic E-state index is -0.983. The number of methoxy groups -OCH3 is 1. The van der Waals surface area contributed by atoms with E-state index in [9.17, 15) is 18.4 Å². The first-order valence-electron chi connectivity index (χ1n) is 12.1. The Morgan fingerprint density at radius 3 is 2.51 bits per heavy atom. The predicted molar refractivity (Wildman–Crippen MR) is 141 cm³/mol. The predicted octanol–water partition coefficient (Wildman–Crippen LogP) is 5.75. The van der Waals surface area contributed by atoms with Crippen LogP contribution in [0.4, 0.5) is 29.9 Å². The van der Waals surface area contributed by atoms with Gasteiger partial charge in [0.1, 0.15) is 28.6 Å². The largest absolute Gasteiger partial charge is 0.493 e. The van der Waals surface area contributed by atoms with Gasteiger partial charge in [-0.15, -0.1) is 0 Å². The molecule has 1 fully saturated rings. The lowest BCUT2D eigenvalue weighted by molar-refractivity contribution is 0.00782. The molecule has 0 radical (unpaired) electrons. The molecule has 3 aromatic rings. The van der Waals surface area contributed by atoms with Gasteiger partial charge in [-0.2, -0.15) is 0 Å². The quantitative estimate of drug-likeness (QED) is 0.400. The molecule has 1 aromatic heterocycles. The molecule has 1 aliphatic rings. The van der Waals surface area contributed by atoms with E-state index in [1.54, 1.807) is 38.7 Å². The maximum atomic E-state index is 14.5. The lowest BCUT2D eigenvalue weighted by atomic mass is 10.2. The summed E-state index contributed by atoms with van der Waals surface area (Å²) >= 11 is 5.70. The van der Waals surface area contributed by atoms with Crippen LogP contribution in [0.15, 0.2) is 30.6 Å². The number of nitrogens with one attached hydrogen (secondary N) is 1. The van der Waals surface area contributed by atoms with Crippen LogP contribution in [-0.2, 0) is 4.74 Å². The minimum absolute atomic E-state index is 0.0761. The molecule has 0 spiro atoms. The van der Waals surface area contributed by atoms with Crippen molar-refractivity contribution in [1.29, 1.82) is 0 Å². The summed E-state index contributed by atoms with van der Waals surface area (Å²) in [6, 6.07) is 4.89. The Hall–Kier alpha value is -3.93. The molecule has 10 nitrogen and oxygen atoms in total. The third-order valence-corrected chi connectivity index (χ3v) is 6.27. The fourth-order valence-corrected chi connectivity index (χ4v) is 4.19. The van der Waals surface area contributed by atoms with E-state index < -0.39 is 34.4 Å². The van der Waals surface area contributed by atoms with Crippen molar-refractivity contribution in [2.24, 2.45) is 0 Å². The number of nitrogens with zero attached hydrogens (tertiary/aromatic N) is 4. The average molecular weight is 564 g/mol. The van der Waals surface area contributed by atoms with Gasteiger partial charge in [0.25, 0.3) is 0 Å². The van der Waals surface area contributed by atoms with E-state index in [0.29, 0.717) is 10.9 Å². The van der Waals surface area contributed by atoms with Gasteiger partial charge in [-0.25, -0.2) is 28.3 Å². The maximum Gasteiger partial charge on any atom is 0.415 e. The minimum Gasteiger partial charge on any atom is -0.493 e. The van der Waals surface area contributed by atoms with Crippen LogP contribution in [0.2, 0.25) is 5.02 Å². The first-order chi connectivity index (χ1) is 18.4. The Kier molecular flexibility index (Phi) is 7.96. The van der Waals surface area contributed by atoms with Crippen LogP contribution in [0.3, 0.4) is 0 Å². The van der Waals surface area contributed by atoms with Crippen LogP contribution in [0, 0.1) is 11.6 Å². The monoisotopic (exact) mass is 563 g/mol. The molecule has 4 rings (SSSR count).